The lowest BCUT2D eigenvalue weighted by Gasteiger charge is -2.22. The smallest absolute Gasteiger partial charge is 0.260 e. The van der Waals surface area contributed by atoms with Crippen molar-refractivity contribution >= 4 is 22.6 Å². The molecule has 0 bridgehead atoms. The zero-order valence-corrected chi connectivity index (χ0v) is 14.2. The van der Waals surface area contributed by atoms with Crippen molar-refractivity contribution in [3.05, 3.63) is 53.6 Å². The van der Waals surface area contributed by atoms with Gasteiger partial charge >= 0.3 is 0 Å². The number of rotatable bonds is 5. The third-order valence-electron chi connectivity index (χ3n) is 3.91. The van der Waals surface area contributed by atoms with E-state index < -0.39 is 5.82 Å². The first-order chi connectivity index (χ1) is 12.0. The summed E-state index contributed by atoms with van der Waals surface area (Å²) < 4.78 is 23.8. The number of hydrogen-bond donors (Lipinski definition) is 1. The Morgan fingerprint density at radius 1 is 1.28 bits per heavy atom. The summed E-state index contributed by atoms with van der Waals surface area (Å²) in [7, 11) is 2.87. The van der Waals surface area contributed by atoms with E-state index in [1.807, 2.05) is 6.92 Å². The van der Waals surface area contributed by atoms with E-state index in [0.29, 0.717) is 11.3 Å². The Kier molecular flexibility index (Phi) is 4.67. The zero-order valence-electron chi connectivity index (χ0n) is 14.2. The van der Waals surface area contributed by atoms with Gasteiger partial charge in [-0.15, -0.1) is 0 Å². The molecule has 0 saturated carbocycles. The molecule has 3 aromatic rings. The minimum absolute atomic E-state index is 0.0215. The van der Waals surface area contributed by atoms with Gasteiger partial charge in [0, 0.05) is 18.7 Å². The average molecular weight is 343 g/mol. The summed E-state index contributed by atoms with van der Waals surface area (Å²) in [6.45, 7) is 1.91. The maximum Gasteiger partial charge on any atom is 0.260 e. The molecule has 0 atom stereocenters. The van der Waals surface area contributed by atoms with Crippen LogP contribution in [0.5, 0.6) is 5.75 Å². The molecule has 2 aromatic carbocycles. The number of nitrogens with one attached hydrogen (secondary N) is 1. The summed E-state index contributed by atoms with van der Waals surface area (Å²) in [5.41, 5.74) is 3.44. The fraction of sp³-hybridized carbons (Fsp3) is 0.222. The van der Waals surface area contributed by atoms with Crippen LogP contribution in [0.3, 0.4) is 0 Å². The fourth-order valence-electron chi connectivity index (χ4n) is 2.70. The van der Waals surface area contributed by atoms with Crippen LogP contribution in [0, 0.1) is 12.7 Å². The first-order valence-corrected chi connectivity index (χ1v) is 7.63. The Bertz CT molecular complexity index is 923. The van der Waals surface area contributed by atoms with Gasteiger partial charge in [0.25, 0.3) is 5.91 Å². The molecule has 0 aliphatic rings. The summed E-state index contributed by atoms with van der Waals surface area (Å²) in [5, 5.41) is 0. The predicted octanol–water partition coefficient (Wildman–Crippen LogP) is 3.27. The summed E-state index contributed by atoms with van der Waals surface area (Å²) in [5.74, 6) is -0.701. The van der Waals surface area contributed by atoms with E-state index in [0.717, 1.165) is 16.6 Å². The number of anilines is 1. The third kappa shape index (κ3) is 3.18. The Balaban J connectivity index is 2.03. The van der Waals surface area contributed by atoms with Gasteiger partial charge in [-0.05, 0) is 36.8 Å². The number of aromatic amines is 1. The quantitative estimate of drug-likeness (QED) is 0.722. The Labute approximate surface area is 144 Å². The number of methoxy groups -OCH3 is 2. The largest absolute Gasteiger partial charge is 0.494 e. The van der Waals surface area contributed by atoms with Crippen LogP contribution in [-0.2, 0) is 4.74 Å². The zero-order chi connectivity index (χ0) is 18.0. The number of amides is 1. The van der Waals surface area contributed by atoms with Crippen LogP contribution in [-0.4, -0.2) is 36.8 Å². The highest BCUT2D eigenvalue weighted by Crippen LogP contribution is 2.26. The van der Waals surface area contributed by atoms with E-state index in [4.69, 9.17) is 9.47 Å². The van der Waals surface area contributed by atoms with Gasteiger partial charge in [-0.1, -0.05) is 0 Å². The molecule has 0 unspecified atom stereocenters. The fourth-order valence-corrected chi connectivity index (χ4v) is 2.70. The second kappa shape index (κ2) is 6.90. The molecule has 130 valence electrons. The second-order valence-corrected chi connectivity index (χ2v) is 5.56. The number of H-pyrrole nitrogens is 1. The Morgan fingerprint density at radius 2 is 2.08 bits per heavy atom. The molecule has 1 aromatic heterocycles. The van der Waals surface area contributed by atoms with Crippen LogP contribution in [0.2, 0.25) is 0 Å². The second-order valence-electron chi connectivity index (χ2n) is 5.56. The van der Waals surface area contributed by atoms with E-state index in [9.17, 15) is 9.18 Å². The number of nitrogens with zero attached hydrogens (tertiary/aromatic N) is 2. The molecular weight excluding hydrogens is 325 g/mol. The molecule has 0 radical (unpaired) electrons. The van der Waals surface area contributed by atoms with Gasteiger partial charge in [0.15, 0.2) is 11.6 Å². The van der Waals surface area contributed by atoms with Crippen molar-refractivity contribution < 1.29 is 18.7 Å². The monoisotopic (exact) mass is 343 g/mol. The molecule has 6 nitrogen and oxygen atoms in total. The minimum Gasteiger partial charge on any atom is -0.494 e. The Morgan fingerprint density at radius 3 is 2.80 bits per heavy atom. The van der Waals surface area contributed by atoms with Gasteiger partial charge in [0.1, 0.15) is 6.73 Å². The maximum atomic E-state index is 13.7. The maximum absolute atomic E-state index is 13.7. The Hall–Kier alpha value is -2.93. The summed E-state index contributed by atoms with van der Waals surface area (Å²) in [6, 6.07) is 7.74. The van der Waals surface area contributed by atoms with Crippen LogP contribution in [0.4, 0.5) is 10.1 Å². The third-order valence-corrected chi connectivity index (χ3v) is 3.91. The molecule has 1 heterocycles. The van der Waals surface area contributed by atoms with E-state index in [1.54, 1.807) is 18.5 Å². The lowest BCUT2D eigenvalue weighted by atomic mass is 10.1. The van der Waals surface area contributed by atoms with Crippen molar-refractivity contribution in [2.75, 3.05) is 25.9 Å². The van der Waals surface area contributed by atoms with Crippen molar-refractivity contribution in [1.29, 1.82) is 0 Å². The van der Waals surface area contributed by atoms with Crippen LogP contribution in [0.15, 0.2) is 36.7 Å². The molecule has 0 aliphatic heterocycles. The normalized spacial score (nSPS) is 10.9. The molecule has 0 spiro atoms. The molecule has 0 saturated heterocycles. The van der Waals surface area contributed by atoms with Crippen molar-refractivity contribution in [2.45, 2.75) is 6.92 Å². The van der Waals surface area contributed by atoms with Gasteiger partial charge in [-0.2, -0.15) is 0 Å². The molecule has 0 aliphatic carbocycles. The van der Waals surface area contributed by atoms with Gasteiger partial charge < -0.3 is 14.5 Å². The molecule has 3 rings (SSSR count). The first kappa shape index (κ1) is 16.9. The first-order valence-electron chi connectivity index (χ1n) is 7.63. The highest BCUT2D eigenvalue weighted by Gasteiger charge is 2.20. The van der Waals surface area contributed by atoms with Crippen molar-refractivity contribution in [3.8, 4) is 5.75 Å². The summed E-state index contributed by atoms with van der Waals surface area (Å²) >= 11 is 0. The van der Waals surface area contributed by atoms with Gasteiger partial charge in [0.2, 0.25) is 0 Å². The number of carbonyl (C=O) groups is 1. The molecule has 0 fully saturated rings. The van der Waals surface area contributed by atoms with Crippen LogP contribution < -0.4 is 9.64 Å². The van der Waals surface area contributed by atoms with Gasteiger partial charge in [0.05, 0.1) is 30.2 Å². The predicted molar refractivity (Wildman–Crippen MR) is 92.5 cm³/mol. The summed E-state index contributed by atoms with van der Waals surface area (Å²) in [4.78, 5) is 21.7. The number of imidazole rings is 1. The van der Waals surface area contributed by atoms with E-state index in [1.165, 1.54) is 37.3 Å². The lowest BCUT2D eigenvalue weighted by Crippen LogP contribution is -2.32. The van der Waals surface area contributed by atoms with E-state index >= 15 is 0 Å². The molecule has 1 N–H and O–H groups in total. The number of aromatic nitrogens is 2. The number of halogens is 1. The van der Waals surface area contributed by atoms with Gasteiger partial charge in [-0.3, -0.25) is 9.69 Å². The number of benzene rings is 2. The SMILES string of the molecule is COCN(C(=O)c1cc(C)c2nc[nH]c2c1)c1ccc(F)c(OC)c1. The molecule has 7 heteroatoms. The molecular formula is C18H18FN3O3. The number of carbonyl (C=O) groups excluding carboxylic acids is 1. The highest BCUT2D eigenvalue weighted by atomic mass is 19.1. The highest BCUT2D eigenvalue weighted by molar-refractivity contribution is 6.07. The van der Waals surface area contributed by atoms with Crippen molar-refractivity contribution in [3.63, 3.8) is 0 Å². The lowest BCUT2D eigenvalue weighted by molar-refractivity contribution is 0.0936. The number of ether oxygens (including phenoxy) is 2. The number of fused-ring (bicyclic) bond motifs is 1. The van der Waals surface area contributed by atoms with Crippen molar-refractivity contribution in [1.82, 2.24) is 9.97 Å². The van der Waals surface area contributed by atoms with Crippen LogP contribution in [0.1, 0.15) is 15.9 Å². The van der Waals surface area contributed by atoms with Gasteiger partial charge in [-0.25, -0.2) is 9.37 Å². The van der Waals surface area contributed by atoms with E-state index in [-0.39, 0.29) is 18.4 Å². The number of aryl methyl sites for hydroxylation is 1. The molecule has 1 amide bonds. The molecule has 25 heavy (non-hydrogen) atoms. The topological polar surface area (TPSA) is 67.5 Å². The standard InChI is InChI=1S/C18H18FN3O3/c1-11-6-12(7-15-17(11)21-9-20-15)18(23)22(10-24-2)13-4-5-14(19)16(8-13)25-3/h4-9H,10H2,1-3H3,(H,20,21). The van der Waals surface area contributed by atoms with Crippen molar-refractivity contribution in [2.24, 2.45) is 0 Å². The number of hydrogen-bond acceptors (Lipinski definition) is 4. The van der Waals surface area contributed by atoms with Crippen LogP contribution >= 0.6 is 0 Å². The average Bonchev–Trinajstić information content (AvgIpc) is 3.09. The minimum atomic E-state index is -0.495. The van der Waals surface area contributed by atoms with Crippen LogP contribution in [0.25, 0.3) is 11.0 Å². The van der Waals surface area contributed by atoms with E-state index in [2.05, 4.69) is 9.97 Å². The summed E-state index contributed by atoms with van der Waals surface area (Å²) in [6.07, 6.45) is 1.59.